The first-order chi connectivity index (χ1) is 8.33. The molecular weight excluding hydrogens is 269 g/mol. The summed E-state index contributed by atoms with van der Waals surface area (Å²) in [5.41, 5.74) is 2.46. The van der Waals surface area contributed by atoms with Crippen LogP contribution in [0.4, 0.5) is 5.69 Å². The summed E-state index contributed by atoms with van der Waals surface area (Å²) in [5.74, 6) is 0. The Morgan fingerprint density at radius 3 is 2.59 bits per heavy atom. The second kappa shape index (κ2) is 5.42. The second-order valence-corrected chi connectivity index (χ2v) is 6.20. The van der Waals surface area contributed by atoms with E-state index < -0.39 is 0 Å². The van der Waals surface area contributed by atoms with Crippen LogP contribution in [0.1, 0.15) is 19.4 Å². The quantitative estimate of drug-likeness (QED) is 0.563. The Kier molecular flexibility index (Phi) is 3.91. The molecule has 0 aromatic heterocycles. The number of aryl methyl sites for hydroxylation is 1. The van der Waals surface area contributed by atoms with Crippen LogP contribution in [0.15, 0.2) is 47.5 Å². The van der Waals surface area contributed by atoms with Crippen molar-refractivity contribution in [3.05, 3.63) is 57.3 Å². The van der Waals surface area contributed by atoms with Crippen molar-refractivity contribution in [1.82, 2.24) is 0 Å². The van der Waals surface area contributed by atoms with Crippen LogP contribution in [0, 0.1) is 10.9 Å². The third-order valence-electron chi connectivity index (χ3n) is 2.49. The van der Waals surface area contributed by atoms with Crippen molar-refractivity contribution in [3.8, 4) is 0 Å². The molecule has 2 aromatic rings. The van der Waals surface area contributed by atoms with E-state index in [1.807, 2.05) is 13.8 Å². The van der Waals surface area contributed by atoms with E-state index in [1.165, 1.54) is 19.6 Å². The molecule has 0 radical (unpaired) electrons. The first-order valence-electron chi connectivity index (χ1n) is 5.96. The van der Waals surface area contributed by atoms with Crippen molar-refractivity contribution in [1.29, 1.82) is 0 Å². The molecule has 2 aromatic carbocycles. The minimum atomic E-state index is 0.122. The molecule has 17 heavy (non-hydrogen) atoms. The van der Waals surface area contributed by atoms with Crippen LogP contribution in [0.25, 0.3) is 0 Å². The number of hydrogen-bond donors (Lipinski definition) is 0. The van der Waals surface area contributed by atoms with Crippen LogP contribution in [-0.2, 0) is 0 Å². The average molecular weight is 285 g/mol. The van der Waals surface area contributed by atoms with E-state index in [0.29, 0.717) is 0 Å². The molecule has 0 saturated carbocycles. The number of hydrogen-bond acceptors (Lipinski definition) is 1. The fourth-order valence-electron chi connectivity index (χ4n) is 1.73. The summed E-state index contributed by atoms with van der Waals surface area (Å²) in [6.07, 6.45) is 0. The number of nitrogens with zero attached hydrogens (tertiary/aromatic N) is 1. The van der Waals surface area contributed by atoms with Crippen molar-refractivity contribution in [2.75, 3.05) is 0 Å². The third kappa shape index (κ3) is 2.56. The average Bonchev–Trinajstić information content (AvgIpc) is 2.38. The van der Waals surface area contributed by atoms with Crippen LogP contribution < -0.4 is 9.71 Å². The fraction of sp³-hybridized carbons (Fsp3) is 0.200. The topological polar surface area (TPSA) is 12.4 Å². The molecular formula is C15H16AsN. The summed E-state index contributed by atoms with van der Waals surface area (Å²) >= 11 is 0.122. The van der Waals surface area contributed by atoms with Gasteiger partial charge in [0.1, 0.15) is 0 Å². The van der Waals surface area contributed by atoms with Gasteiger partial charge < -0.3 is 0 Å². The van der Waals surface area contributed by atoms with Gasteiger partial charge in [-0.3, -0.25) is 0 Å². The second-order valence-electron chi connectivity index (χ2n) is 3.70. The molecule has 0 spiro atoms. The van der Waals surface area contributed by atoms with Gasteiger partial charge in [0, 0.05) is 0 Å². The van der Waals surface area contributed by atoms with E-state index in [2.05, 4.69) is 49.4 Å². The zero-order chi connectivity index (χ0) is 12.3. The molecule has 0 N–H and O–H groups in total. The van der Waals surface area contributed by atoms with Gasteiger partial charge in [0.05, 0.1) is 0 Å². The van der Waals surface area contributed by atoms with Gasteiger partial charge >= 0.3 is 94.6 Å². The predicted molar refractivity (Wildman–Crippen MR) is 74.0 cm³/mol. The molecule has 1 nitrogen and oxygen atoms in total. The van der Waals surface area contributed by atoms with Gasteiger partial charge in [0.15, 0.2) is 0 Å². The molecule has 0 atom stereocenters. The molecule has 0 amide bonds. The Morgan fingerprint density at radius 2 is 1.76 bits per heavy atom. The van der Waals surface area contributed by atoms with Gasteiger partial charge in [-0.25, -0.2) is 0 Å². The van der Waals surface area contributed by atoms with Gasteiger partial charge in [-0.15, -0.1) is 0 Å². The Bertz CT molecular complexity index is 644. The van der Waals surface area contributed by atoms with E-state index in [9.17, 15) is 0 Å². The van der Waals surface area contributed by atoms with E-state index in [4.69, 9.17) is 4.99 Å². The number of fused-ring (bicyclic) bond motifs is 2. The molecule has 3 rings (SSSR count). The molecule has 0 bridgehead atoms. The zero-order valence-corrected chi connectivity index (χ0v) is 12.3. The van der Waals surface area contributed by atoms with Gasteiger partial charge in [0.2, 0.25) is 0 Å². The monoisotopic (exact) mass is 285 g/mol. The minimum absolute atomic E-state index is 0.122. The molecule has 1 aliphatic rings. The number of rotatable bonds is 0. The first kappa shape index (κ1) is 12.3. The van der Waals surface area contributed by atoms with E-state index in [-0.39, 0.29) is 15.3 Å². The summed E-state index contributed by atoms with van der Waals surface area (Å²) in [4.78, 5) is 4.69. The Labute approximate surface area is 108 Å². The fourth-order valence-corrected chi connectivity index (χ4v) is 3.91. The summed E-state index contributed by atoms with van der Waals surface area (Å²) in [5, 5.41) is 1.16. The maximum absolute atomic E-state index is 4.69. The molecule has 0 saturated heterocycles. The van der Waals surface area contributed by atoms with Crippen LogP contribution in [-0.4, -0.2) is 15.3 Å². The van der Waals surface area contributed by atoms with Gasteiger partial charge in [-0.2, -0.15) is 0 Å². The summed E-state index contributed by atoms with van der Waals surface area (Å²) in [7, 11) is 0. The van der Waals surface area contributed by atoms with E-state index >= 15 is 0 Å². The van der Waals surface area contributed by atoms with Crippen molar-refractivity contribution >= 4 is 25.3 Å². The normalized spacial score (nSPS) is 11.9. The van der Waals surface area contributed by atoms with Crippen LogP contribution in [0.5, 0.6) is 0 Å². The summed E-state index contributed by atoms with van der Waals surface area (Å²) in [6, 6.07) is 15.0. The third-order valence-corrected chi connectivity index (χ3v) is 5.09. The van der Waals surface area contributed by atoms with Crippen molar-refractivity contribution < 1.29 is 0 Å². The Balaban J connectivity index is 0.000000514. The molecule has 86 valence electrons. The Hall–Kier alpha value is -1.20. The van der Waals surface area contributed by atoms with Gasteiger partial charge in [-0.1, -0.05) is 13.8 Å². The van der Waals surface area contributed by atoms with Crippen molar-refractivity contribution in [3.63, 3.8) is 0 Å². The number of benzene rings is 2. The van der Waals surface area contributed by atoms with Crippen LogP contribution >= 0.6 is 0 Å². The van der Waals surface area contributed by atoms with E-state index in [0.717, 1.165) is 5.36 Å². The van der Waals surface area contributed by atoms with Crippen LogP contribution in [0.2, 0.25) is 0 Å². The maximum atomic E-state index is 4.69. The SMILES string of the molecule is CC.Cc1ccc2c(c1)N=c1ccccc1=[As]2. The zero-order valence-electron chi connectivity index (χ0n) is 10.4. The van der Waals surface area contributed by atoms with Crippen molar-refractivity contribution in [2.24, 2.45) is 4.99 Å². The number of para-hydroxylation sites is 1. The summed E-state index contributed by atoms with van der Waals surface area (Å²) < 4.78 is 2.85. The van der Waals surface area contributed by atoms with Crippen LogP contribution in [0.3, 0.4) is 0 Å². The predicted octanol–water partition coefficient (Wildman–Crippen LogP) is 2.57. The standard InChI is InChI=1S/C13H10AsN.C2H6/c1-9-6-7-11-13(8-9)15-12-5-3-2-4-10(12)14-11;1-2/h2-8H,1H3;1-2H3. The van der Waals surface area contributed by atoms with Crippen molar-refractivity contribution in [2.45, 2.75) is 20.8 Å². The molecule has 0 unspecified atom stereocenters. The summed E-state index contributed by atoms with van der Waals surface area (Å²) in [6.45, 7) is 6.12. The van der Waals surface area contributed by atoms with Gasteiger partial charge in [-0.05, 0) is 0 Å². The van der Waals surface area contributed by atoms with Gasteiger partial charge in [0.25, 0.3) is 0 Å². The van der Waals surface area contributed by atoms with E-state index in [1.54, 1.807) is 0 Å². The molecule has 0 aliphatic carbocycles. The molecule has 0 fully saturated rings. The molecule has 1 aliphatic heterocycles. The molecule has 1 heterocycles. The Morgan fingerprint density at radius 1 is 1.00 bits per heavy atom. The molecule has 2 heteroatoms. The first-order valence-corrected chi connectivity index (χ1v) is 7.84.